The molecule has 0 amide bonds. The van der Waals surface area contributed by atoms with E-state index in [0.29, 0.717) is 6.42 Å². The summed E-state index contributed by atoms with van der Waals surface area (Å²) in [5.41, 5.74) is -0.381. The van der Waals surface area contributed by atoms with E-state index in [1.165, 1.54) is 0 Å². The molecule has 0 fully saturated rings. The molecule has 0 atom stereocenters. The second-order valence-electron chi connectivity index (χ2n) is 4.07. The number of hydrogen-bond donors (Lipinski definition) is 0. The van der Waals surface area contributed by atoms with Crippen LogP contribution < -0.4 is 0 Å². The van der Waals surface area contributed by atoms with Crippen molar-refractivity contribution in [1.82, 2.24) is 0 Å². The predicted molar refractivity (Wildman–Crippen MR) is 59.0 cm³/mol. The molecule has 0 aromatic carbocycles. The molecule has 0 saturated carbocycles. The van der Waals surface area contributed by atoms with Crippen LogP contribution in [-0.2, 0) is 9.53 Å². The number of carbonyl (C=O) groups excluding carboxylic acids is 1. The lowest BCUT2D eigenvalue weighted by atomic mass is 10.2. The SMILES string of the molecule is CC=CCC=CCC(=O)OC(C)(C)C. The number of rotatable bonds is 4. The highest BCUT2D eigenvalue weighted by molar-refractivity contribution is 5.71. The number of carbonyl (C=O) groups is 1. The summed E-state index contributed by atoms with van der Waals surface area (Å²) in [6.45, 7) is 7.58. The molecule has 0 unspecified atom stereocenters. The molecule has 0 aromatic rings. The normalized spacial score (nSPS) is 12.6. The maximum atomic E-state index is 11.2. The van der Waals surface area contributed by atoms with E-state index in [-0.39, 0.29) is 11.6 Å². The summed E-state index contributed by atoms with van der Waals surface area (Å²) < 4.78 is 5.14. The van der Waals surface area contributed by atoms with Crippen LogP contribution in [0.4, 0.5) is 0 Å². The van der Waals surface area contributed by atoms with Crippen LogP contribution >= 0.6 is 0 Å². The fourth-order valence-corrected chi connectivity index (χ4v) is 0.874. The van der Waals surface area contributed by atoms with E-state index >= 15 is 0 Å². The second-order valence-corrected chi connectivity index (χ2v) is 4.07. The van der Waals surface area contributed by atoms with Crippen LogP contribution in [0.25, 0.3) is 0 Å². The van der Waals surface area contributed by atoms with Crippen molar-refractivity contribution < 1.29 is 9.53 Å². The van der Waals surface area contributed by atoms with E-state index in [9.17, 15) is 4.79 Å². The predicted octanol–water partition coefficient (Wildman–Crippen LogP) is 3.24. The second kappa shape index (κ2) is 6.41. The Labute approximate surface area is 86.6 Å². The van der Waals surface area contributed by atoms with Crippen LogP contribution in [-0.4, -0.2) is 11.6 Å². The van der Waals surface area contributed by atoms with Crippen molar-refractivity contribution in [2.45, 2.75) is 46.1 Å². The third-order valence-electron chi connectivity index (χ3n) is 1.38. The van der Waals surface area contributed by atoms with Gasteiger partial charge in [0.15, 0.2) is 0 Å². The first-order valence-electron chi connectivity index (χ1n) is 4.93. The van der Waals surface area contributed by atoms with Crippen LogP contribution in [0.3, 0.4) is 0 Å². The van der Waals surface area contributed by atoms with Crippen molar-refractivity contribution in [2.75, 3.05) is 0 Å². The zero-order chi connectivity index (χ0) is 11.0. The molecular weight excluding hydrogens is 176 g/mol. The molecule has 0 N–H and O–H groups in total. The lowest BCUT2D eigenvalue weighted by molar-refractivity contribution is -0.153. The first-order valence-corrected chi connectivity index (χ1v) is 4.93. The Morgan fingerprint density at radius 2 is 1.86 bits per heavy atom. The summed E-state index contributed by atoms with van der Waals surface area (Å²) in [6, 6.07) is 0. The van der Waals surface area contributed by atoms with Crippen LogP contribution in [0.5, 0.6) is 0 Å². The molecule has 0 aliphatic heterocycles. The van der Waals surface area contributed by atoms with E-state index in [2.05, 4.69) is 0 Å². The molecule has 0 aromatic heterocycles. The molecule has 0 saturated heterocycles. The van der Waals surface area contributed by atoms with Crippen molar-refractivity contribution in [1.29, 1.82) is 0 Å². The van der Waals surface area contributed by atoms with Crippen LogP contribution in [0.1, 0.15) is 40.5 Å². The highest BCUT2D eigenvalue weighted by Crippen LogP contribution is 2.08. The molecule has 80 valence electrons. The van der Waals surface area contributed by atoms with Gasteiger partial charge in [0.25, 0.3) is 0 Å². The van der Waals surface area contributed by atoms with Gasteiger partial charge in [0.05, 0.1) is 6.42 Å². The molecule has 0 bridgehead atoms. The molecule has 0 aliphatic rings. The third-order valence-corrected chi connectivity index (χ3v) is 1.38. The minimum Gasteiger partial charge on any atom is -0.460 e. The molecule has 2 heteroatoms. The van der Waals surface area contributed by atoms with Crippen molar-refractivity contribution in [2.24, 2.45) is 0 Å². The van der Waals surface area contributed by atoms with E-state index in [0.717, 1.165) is 6.42 Å². The maximum Gasteiger partial charge on any atom is 0.310 e. The Hall–Kier alpha value is -1.05. The average Bonchev–Trinajstić information content (AvgIpc) is 2.00. The van der Waals surface area contributed by atoms with Gasteiger partial charge in [-0.1, -0.05) is 24.3 Å². The molecule has 14 heavy (non-hydrogen) atoms. The van der Waals surface area contributed by atoms with Gasteiger partial charge in [-0.2, -0.15) is 0 Å². The average molecular weight is 196 g/mol. The minimum absolute atomic E-state index is 0.172. The quantitative estimate of drug-likeness (QED) is 0.509. The van der Waals surface area contributed by atoms with Gasteiger partial charge in [-0.25, -0.2) is 0 Å². The van der Waals surface area contributed by atoms with Crippen molar-refractivity contribution in [3.8, 4) is 0 Å². The Bertz CT molecular complexity index is 219. The van der Waals surface area contributed by atoms with Crippen LogP contribution in [0.15, 0.2) is 24.3 Å². The topological polar surface area (TPSA) is 26.3 Å². The number of hydrogen-bond acceptors (Lipinski definition) is 2. The lowest BCUT2D eigenvalue weighted by Crippen LogP contribution is -2.23. The summed E-state index contributed by atoms with van der Waals surface area (Å²) >= 11 is 0. The molecular formula is C12H20O2. The maximum absolute atomic E-state index is 11.2. The van der Waals surface area contributed by atoms with E-state index < -0.39 is 0 Å². The van der Waals surface area contributed by atoms with Gasteiger partial charge < -0.3 is 4.74 Å². The van der Waals surface area contributed by atoms with Crippen LogP contribution in [0, 0.1) is 0 Å². The summed E-state index contributed by atoms with van der Waals surface area (Å²) in [4.78, 5) is 11.2. The van der Waals surface area contributed by atoms with Gasteiger partial charge in [0.2, 0.25) is 0 Å². The Kier molecular flexibility index (Phi) is 5.93. The summed E-state index contributed by atoms with van der Waals surface area (Å²) in [6.07, 6.45) is 9.05. The van der Waals surface area contributed by atoms with Gasteiger partial charge in [0, 0.05) is 0 Å². The monoisotopic (exact) mass is 196 g/mol. The molecule has 0 radical (unpaired) electrons. The molecule has 2 nitrogen and oxygen atoms in total. The Balaban J connectivity index is 3.69. The molecule has 0 heterocycles. The van der Waals surface area contributed by atoms with E-state index in [4.69, 9.17) is 4.74 Å². The summed E-state index contributed by atoms with van der Waals surface area (Å²) in [5.74, 6) is -0.172. The molecule has 0 spiro atoms. The van der Waals surface area contributed by atoms with Crippen molar-refractivity contribution >= 4 is 5.97 Å². The lowest BCUT2D eigenvalue weighted by Gasteiger charge is -2.18. The fraction of sp³-hybridized carbons (Fsp3) is 0.583. The zero-order valence-electron chi connectivity index (χ0n) is 9.54. The van der Waals surface area contributed by atoms with Crippen molar-refractivity contribution in [3.63, 3.8) is 0 Å². The summed E-state index contributed by atoms with van der Waals surface area (Å²) in [5, 5.41) is 0. The first-order chi connectivity index (χ1) is 6.45. The first kappa shape index (κ1) is 12.9. The number of esters is 1. The minimum atomic E-state index is -0.381. The number of allylic oxidation sites excluding steroid dienone is 3. The highest BCUT2D eigenvalue weighted by Gasteiger charge is 2.14. The van der Waals surface area contributed by atoms with Gasteiger partial charge in [-0.05, 0) is 34.1 Å². The third kappa shape index (κ3) is 9.04. The van der Waals surface area contributed by atoms with Crippen LogP contribution in [0.2, 0.25) is 0 Å². The Morgan fingerprint density at radius 3 is 2.36 bits per heavy atom. The Morgan fingerprint density at radius 1 is 1.21 bits per heavy atom. The zero-order valence-corrected chi connectivity index (χ0v) is 9.54. The van der Waals surface area contributed by atoms with Gasteiger partial charge >= 0.3 is 5.97 Å². The van der Waals surface area contributed by atoms with E-state index in [1.807, 2.05) is 52.0 Å². The van der Waals surface area contributed by atoms with Crippen molar-refractivity contribution in [3.05, 3.63) is 24.3 Å². The molecule has 0 rings (SSSR count). The summed E-state index contributed by atoms with van der Waals surface area (Å²) in [7, 11) is 0. The number of ether oxygens (including phenoxy) is 1. The fourth-order valence-electron chi connectivity index (χ4n) is 0.874. The standard InChI is InChI=1S/C12H20O2/c1-5-6-7-8-9-10-11(13)14-12(2,3)4/h5-6,8-9H,7,10H2,1-4H3. The highest BCUT2D eigenvalue weighted by atomic mass is 16.6. The van der Waals surface area contributed by atoms with Gasteiger partial charge in [-0.15, -0.1) is 0 Å². The smallest absolute Gasteiger partial charge is 0.310 e. The van der Waals surface area contributed by atoms with E-state index in [1.54, 1.807) is 0 Å². The largest absolute Gasteiger partial charge is 0.460 e. The molecule has 0 aliphatic carbocycles. The van der Waals surface area contributed by atoms with Gasteiger partial charge in [-0.3, -0.25) is 4.79 Å². The van der Waals surface area contributed by atoms with Gasteiger partial charge in [0.1, 0.15) is 5.60 Å².